The van der Waals surface area contributed by atoms with E-state index in [0.29, 0.717) is 0 Å². The fraction of sp³-hybridized carbons (Fsp3) is 0.667. The van der Waals surface area contributed by atoms with Crippen molar-refractivity contribution in [3.63, 3.8) is 0 Å². The molecular weight excluding hydrogens is 284 g/mol. The minimum Gasteiger partial charge on any atom is -0.480 e. The van der Waals surface area contributed by atoms with Gasteiger partial charge in [-0.15, -0.1) is 0 Å². The lowest BCUT2D eigenvalue weighted by Gasteiger charge is -2.22. The Bertz CT molecular complexity index is 397. The first-order valence-electron chi connectivity index (χ1n) is 6.27. The third-order valence-corrected chi connectivity index (χ3v) is 2.68. The largest absolute Gasteiger partial charge is 0.480 e. The number of ether oxygens (including phenoxy) is 2. The van der Waals surface area contributed by atoms with Gasteiger partial charge in [0.15, 0.2) is 0 Å². The summed E-state index contributed by atoms with van der Waals surface area (Å²) in [6, 6.07) is -1.97. The van der Waals surface area contributed by atoms with Crippen LogP contribution in [0.3, 0.4) is 0 Å². The summed E-state index contributed by atoms with van der Waals surface area (Å²) in [5, 5.41) is 11.3. The van der Waals surface area contributed by atoms with Crippen LogP contribution >= 0.6 is 0 Å². The monoisotopic (exact) mass is 304 g/mol. The van der Waals surface area contributed by atoms with E-state index in [1.807, 2.05) is 0 Å². The van der Waals surface area contributed by atoms with Crippen LogP contribution in [0, 0.1) is 0 Å². The molecule has 0 bridgehead atoms. The van der Waals surface area contributed by atoms with Gasteiger partial charge in [-0.2, -0.15) is 0 Å². The average Bonchev–Trinajstić information content (AvgIpc) is 2.47. The molecule has 0 aliphatic rings. The molecule has 2 N–H and O–H groups in total. The van der Waals surface area contributed by atoms with Crippen LogP contribution in [-0.4, -0.2) is 67.3 Å². The van der Waals surface area contributed by atoms with Crippen molar-refractivity contribution in [1.82, 2.24) is 10.2 Å². The predicted molar refractivity (Wildman–Crippen MR) is 70.5 cm³/mol. The number of carbonyl (C=O) groups excluding carboxylic acids is 3. The van der Waals surface area contributed by atoms with Crippen molar-refractivity contribution in [3.8, 4) is 0 Å². The molecule has 9 heteroatoms. The van der Waals surface area contributed by atoms with E-state index >= 15 is 0 Å². The Kier molecular flexibility index (Phi) is 8.51. The number of hydrogen-bond donors (Lipinski definition) is 2. The number of nitrogens with zero attached hydrogens (tertiary/aromatic N) is 1. The van der Waals surface area contributed by atoms with Crippen LogP contribution in [0.5, 0.6) is 0 Å². The zero-order valence-corrected chi connectivity index (χ0v) is 12.2. The van der Waals surface area contributed by atoms with Gasteiger partial charge in [-0.1, -0.05) is 0 Å². The van der Waals surface area contributed by atoms with Crippen molar-refractivity contribution < 1.29 is 33.8 Å². The van der Waals surface area contributed by atoms with Gasteiger partial charge in [-0.3, -0.25) is 9.59 Å². The second-order valence-electron chi connectivity index (χ2n) is 4.05. The fourth-order valence-electron chi connectivity index (χ4n) is 1.41. The zero-order valence-electron chi connectivity index (χ0n) is 12.2. The van der Waals surface area contributed by atoms with E-state index in [2.05, 4.69) is 14.8 Å². The Morgan fingerprint density at radius 1 is 1.14 bits per heavy atom. The van der Waals surface area contributed by atoms with Gasteiger partial charge in [0.2, 0.25) is 0 Å². The molecule has 0 aliphatic heterocycles. The van der Waals surface area contributed by atoms with Crippen molar-refractivity contribution in [1.29, 1.82) is 0 Å². The zero-order chi connectivity index (χ0) is 16.4. The second-order valence-corrected chi connectivity index (χ2v) is 4.05. The van der Waals surface area contributed by atoms with Crippen LogP contribution in [0.2, 0.25) is 0 Å². The molecular formula is C12H20N2O7. The normalized spacial score (nSPS) is 11.2. The minimum atomic E-state index is -1.28. The third-order valence-electron chi connectivity index (χ3n) is 2.68. The number of nitrogens with one attached hydrogen (secondary N) is 1. The molecule has 0 rings (SSSR count). The van der Waals surface area contributed by atoms with E-state index in [4.69, 9.17) is 5.11 Å². The molecule has 0 spiro atoms. The lowest BCUT2D eigenvalue weighted by atomic mass is 10.1. The molecule has 0 unspecified atom stereocenters. The van der Waals surface area contributed by atoms with Crippen LogP contribution in [-0.2, 0) is 23.9 Å². The fourth-order valence-corrected chi connectivity index (χ4v) is 1.41. The van der Waals surface area contributed by atoms with Crippen molar-refractivity contribution in [3.05, 3.63) is 0 Å². The highest BCUT2D eigenvalue weighted by Crippen LogP contribution is 2.01. The first-order valence-corrected chi connectivity index (χ1v) is 6.27. The van der Waals surface area contributed by atoms with Crippen LogP contribution in [0.25, 0.3) is 0 Å². The standard InChI is InChI=1S/C12H20N2O7/c1-4-14(7-10(16)21-3)12(19)13-8(11(17)18)5-6-9(15)20-2/h8H,4-7H2,1-3H3,(H,13,19)(H,17,18)/t8-/m0/s1. The molecule has 0 saturated heterocycles. The van der Waals surface area contributed by atoms with E-state index in [9.17, 15) is 19.2 Å². The average molecular weight is 304 g/mol. The van der Waals surface area contributed by atoms with Crippen LogP contribution in [0.4, 0.5) is 4.79 Å². The molecule has 0 fully saturated rings. The highest BCUT2D eigenvalue weighted by atomic mass is 16.5. The van der Waals surface area contributed by atoms with Gasteiger partial charge in [-0.25, -0.2) is 9.59 Å². The van der Waals surface area contributed by atoms with Gasteiger partial charge in [0.05, 0.1) is 14.2 Å². The lowest BCUT2D eigenvalue weighted by Crippen LogP contribution is -2.49. The summed E-state index contributed by atoms with van der Waals surface area (Å²) >= 11 is 0. The highest BCUT2D eigenvalue weighted by molar-refractivity contribution is 5.85. The summed E-state index contributed by atoms with van der Waals surface area (Å²) in [7, 11) is 2.37. The van der Waals surface area contributed by atoms with Gasteiger partial charge in [0.25, 0.3) is 0 Å². The molecule has 0 radical (unpaired) electrons. The summed E-state index contributed by atoms with van der Waals surface area (Å²) in [6.07, 6.45) is -0.250. The van der Waals surface area contributed by atoms with Gasteiger partial charge in [-0.05, 0) is 13.3 Å². The highest BCUT2D eigenvalue weighted by Gasteiger charge is 2.24. The van der Waals surface area contributed by atoms with Crippen LogP contribution in [0.1, 0.15) is 19.8 Å². The predicted octanol–water partition coefficient (Wildman–Crippen LogP) is -0.403. The van der Waals surface area contributed by atoms with Crippen LogP contribution in [0.15, 0.2) is 0 Å². The molecule has 9 nitrogen and oxygen atoms in total. The quantitative estimate of drug-likeness (QED) is 0.585. The van der Waals surface area contributed by atoms with Gasteiger partial charge < -0.3 is 24.8 Å². The molecule has 2 amide bonds. The molecule has 0 aromatic carbocycles. The number of hydrogen-bond acceptors (Lipinski definition) is 6. The Morgan fingerprint density at radius 2 is 1.71 bits per heavy atom. The summed E-state index contributed by atoms with van der Waals surface area (Å²) in [4.78, 5) is 46.2. The summed E-state index contributed by atoms with van der Waals surface area (Å²) in [5.74, 6) is -2.47. The Hall–Kier alpha value is -2.32. The Labute approximate surface area is 122 Å². The van der Waals surface area contributed by atoms with Crippen LogP contribution < -0.4 is 5.32 Å². The van der Waals surface area contributed by atoms with Crippen molar-refractivity contribution in [2.75, 3.05) is 27.3 Å². The number of rotatable bonds is 8. The van der Waals surface area contributed by atoms with E-state index in [1.165, 1.54) is 14.2 Å². The minimum absolute atomic E-state index is 0.108. The van der Waals surface area contributed by atoms with Gasteiger partial charge >= 0.3 is 23.9 Å². The smallest absolute Gasteiger partial charge is 0.326 e. The number of carbonyl (C=O) groups is 4. The molecule has 0 aliphatic carbocycles. The number of likely N-dealkylation sites (N-methyl/N-ethyl adjacent to an activating group) is 1. The number of aliphatic carboxylic acids is 1. The van der Waals surface area contributed by atoms with E-state index in [-0.39, 0.29) is 25.9 Å². The molecule has 0 saturated carbocycles. The molecule has 120 valence electrons. The maximum absolute atomic E-state index is 11.9. The second kappa shape index (κ2) is 9.56. The first kappa shape index (κ1) is 18.7. The summed E-state index contributed by atoms with van der Waals surface area (Å²) < 4.78 is 8.85. The number of methoxy groups -OCH3 is 2. The number of urea groups is 1. The lowest BCUT2D eigenvalue weighted by molar-refractivity contribution is -0.142. The molecule has 0 aromatic rings. The Morgan fingerprint density at radius 3 is 2.14 bits per heavy atom. The number of esters is 2. The first-order chi connectivity index (χ1) is 9.85. The summed E-state index contributed by atoms with van der Waals surface area (Å²) in [6.45, 7) is 1.54. The maximum Gasteiger partial charge on any atom is 0.326 e. The summed E-state index contributed by atoms with van der Waals surface area (Å²) in [5.41, 5.74) is 0. The number of carboxylic acids is 1. The van der Waals surface area contributed by atoms with E-state index in [1.54, 1.807) is 6.92 Å². The SMILES string of the molecule is CCN(CC(=O)OC)C(=O)N[C@@H](CCC(=O)OC)C(=O)O. The van der Waals surface area contributed by atoms with E-state index in [0.717, 1.165) is 4.90 Å². The van der Waals surface area contributed by atoms with E-state index < -0.39 is 30.0 Å². The van der Waals surface area contributed by atoms with Crippen molar-refractivity contribution >= 4 is 23.9 Å². The molecule has 0 aromatic heterocycles. The molecule has 21 heavy (non-hydrogen) atoms. The Balaban J connectivity index is 4.60. The molecule has 0 heterocycles. The number of amides is 2. The van der Waals surface area contributed by atoms with Gasteiger partial charge in [0.1, 0.15) is 12.6 Å². The van der Waals surface area contributed by atoms with Gasteiger partial charge in [0, 0.05) is 13.0 Å². The van der Waals surface area contributed by atoms with Crippen molar-refractivity contribution in [2.24, 2.45) is 0 Å². The van der Waals surface area contributed by atoms with Crippen molar-refractivity contribution in [2.45, 2.75) is 25.8 Å². The topological polar surface area (TPSA) is 122 Å². The number of carboxylic acid groups (broad SMARTS) is 1. The molecule has 1 atom stereocenters. The third kappa shape index (κ3) is 7.14. The maximum atomic E-state index is 11.9.